The molecular weight excluding hydrogens is 238 g/mol. The highest BCUT2D eigenvalue weighted by atomic mass is 32.1. The van der Waals surface area contributed by atoms with Gasteiger partial charge in [-0.25, -0.2) is 4.79 Å². The molecule has 4 nitrogen and oxygen atoms in total. The third-order valence-corrected chi connectivity index (χ3v) is 4.02. The summed E-state index contributed by atoms with van der Waals surface area (Å²) in [4.78, 5) is 23.9. The number of amides is 1. The summed E-state index contributed by atoms with van der Waals surface area (Å²) in [6.07, 6.45) is 2.50. The number of hydrogen-bond acceptors (Lipinski definition) is 3. The van der Waals surface area contributed by atoms with Gasteiger partial charge in [-0.2, -0.15) is 0 Å². The Balaban J connectivity index is 2.31. The van der Waals surface area contributed by atoms with Crippen LogP contribution in [-0.2, 0) is 11.2 Å². The normalized spacial score (nSPS) is 14.7. The molecule has 0 bridgehead atoms. The minimum Gasteiger partial charge on any atom is -0.478 e. The second kappa shape index (κ2) is 4.49. The first kappa shape index (κ1) is 12.1. The molecule has 0 atom stereocenters. The highest BCUT2D eigenvalue weighted by Gasteiger charge is 2.31. The number of anilines is 1. The molecule has 1 aromatic rings. The average molecular weight is 253 g/mol. The zero-order valence-electron chi connectivity index (χ0n) is 9.87. The summed E-state index contributed by atoms with van der Waals surface area (Å²) in [5.41, 5.74) is 1.09. The van der Waals surface area contributed by atoms with Gasteiger partial charge >= 0.3 is 5.97 Å². The Hall–Kier alpha value is -1.36. The predicted octanol–water partition coefficient (Wildman–Crippen LogP) is 2.67. The third-order valence-electron chi connectivity index (χ3n) is 2.96. The standard InChI is InChI=1S/C12H15NO3S/c1-3-8-6(2)17-11(9(8)12(15)16)13-10(14)7-4-5-7/h7H,3-5H2,1-2H3,(H,13,14)(H,15,16). The Morgan fingerprint density at radius 2 is 2.12 bits per heavy atom. The van der Waals surface area contributed by atoms with Crippen molar-refractivity contribution in [2.45, 2.75) is 33.1 Å². The van der Waals surface area contributed by atoms with E-state index in [1.165, 1.54) is 11.3 Å². The first-order chi connectivity index (χ1) is 8.04. The van der Waals surface area contributed by atoms with Gasteiger partial charge in [0.15, 0.2) is 0 Å². The summed E-state index contributed by atoms with van der Waals surface area (Å²) in [6, 6.07) is 0. The molecule has 0 aromatic carbocycles. The number of carbonyl (C=O) groups excluding carboxylic acids is 1. The molecule has 17 heavy (non-hydrogen) atoms. The van der Waals surface area contributed by atoms with Crippen LogP contribution in [0.15, 0.2) is 0 Å². The Bertz CT molecular complexity index is 474. The summed E-state index contributed by atoms with van der Waals surface area (Å²) in [6.45, 7) is 3.82. The van der Waals surface area contributed by atoms with Crippen molar-refractivity contribution in [3.05, 3.63) is 16.0 Å². The molecule has 0 spiro atoms. The lowest BCUT2D eigenvalue weighted by Crippen LogP contribution is -2.15. The molecule has 1 heterocycles. The second-order valence-electron chi connectivity index (χ2n) is 4.26. The molecule has 92 valence electrons. The Morgan fingerprint density at radius 1 is 1.47 bits per heavy atom. The zero-order valence-corrected chi connectivity index (χ0v) is 10.7. The molecule has 2 N–H and O–H groups in total. The van der Waals surface area contributed by atoms with Crippen molar-refractivity contribution >= 4 is 28.2 Å². The van der Waals surface area contributed by atoms with Crippen LogP contribution in [0.3, 0.4) is 0 Å². The number of nitrogens with one attached hydrogen (secondary N) is 1. The summed E-state index contributed by atoms with van der Waals surface area (Å²) in [5, 5.41) is 12.5. The molecular formula is C12H15NO3S. The van der Waals surface area contributed by atoms with E-state index >= 15 is 0 Å². The van der Waals surface area contributed by atoms with E-state index in [1.54, 1.807) is 0 Å². The van der Waals surface area contributed by atoms with Crippen molar-refractivity contribution < 1.29 is 14.7 Å². The van der Waals surface area contributed by atoms with E-state index in [1.807, 2.05) is 13.8 Å². The van der Waals surface area contributed by atoms with Crippen LogP contribution in [0.25, 0.3) is 0 Å². The molecule has 1 aliphatic rings. The van der Waals surface area contributed by atoms with E-state index in [9.17, 15) is 14.7 Å². The number of rotatable bonds is 4. The maximum Gasteiger partial charge on any atom is 0.339 e. The number of carbonyl (C=O) groups is 2. The van der Waals surface area contributed by atoms with Gasteiger partial charge in [0.25, 0.3) is 0 Å². The molecule has 2 rings (SSSR count). The molecule has 1 amide bonds. The second-order valence-corrected chi connectivity index (χ2v) is 5.49. The molecule has 1 fully saturated rings. The van der Waals surface area contributed by atoms with E-state index in [4.69, 9.17) is 0 Å². The van der Waals surface area contributed by atoms with Gasteiger partial charge in [0.1, 0.15) is 5.00 Å². The Labute approximate surface area is 104 Å². The number of hydrogen-bond donors (Lipinski definition) is 2. The minimum absolute atomic E-state index is 0.0450. The average Bonchev–Trinajstić information content (AvgIpc) is 3.03. The van der Waals surface area contributed by atoms with Crippen LogP contribution in [0, 0.1) is 12.8 Å². The van der Waals surface area contributed by atoms with Crippen LogP contribution in [-0.4, -0.2) is 17.0 Å². The van der Waals surface area contributed by atoms with Crippen LogP contribution in [0.1, 0.15) is 40.6 Å². The van der Waals surface area contributed by atoms with Gasteiger partial charge in [-0.05, 0) is 31.7 Å². The van der Waals surface area contributed by atoms with Gasteiger partial charge in [-0.15, -0.1) is 11.3 Å². The maximum absolute atomic E-state index is 11.7. The Kier molecular flexibility index (Phi) is 3.19. The molecule has 1 aliphatic carbocycles. The van der Waals surface area contributed by atoms with Crippen LogP contribution in [0.2, 0.25) is 0 Å². The van der Waals surface area contributed by atoms with Crippen molar-refractivity contribution in [3.8, 4) is 0 Å². The molecule has 1 saturated carbocycles. The summed E-state index contributed by atoms with van der Waals surface area (Å²) >= 11 is 1.35. The first-order valence-electron chi connectivity index (χ1n) is 5.71. The molecule has 0 radical (unpaired) electrons. The first-order valence-corrected chi connectivity index (χ1v) is 6.52. The number of carboxylic acids is 1. The number of carboxylic acid groups (broad SMARTS) is 1. The lowest BCUT2D eigenvalue weighted by Gasteiger charge is -2.03. The van der Waals surface area contributed by atoms with E-state index in [0.29, 0.717) is 11.4 Å². The SMILES string of the molecule is CCc1c(C)sc(NC(=O)C2CC2)c1C(=O)O. The van der Waals surface area contributed by atoms with E-state index in [0.717, 1.165) is 23.3 Å². The van der Waals surface area contributed by atoms with E-state index in [2.05, 4.69) is 5.32 Å². The minimum atomic E-state index is -0.961. The highest BCUT2D eigenvalue weighted by Crippen LogP contribution is 2.36. The van der Waals surface area contributed by atoms with Crippen LogP contribution < -0.4 is 5.32 Å². The molecule has 0 aliphatic heterocycles. The topological polar surface area (TPSA) is 66.4 Å². The predicted molar refractivity (Wildman–Crippen MR) is 66.7 cm³/mol. The molecule has 0 saturated heterocycles. The monoisotopic (exact) mass is 253 g/mol. The zero-order chi connectivity index (χ0) is 12.6. The fourth-order valence-corrected chi connectivity index (χ4v) is 3.02. The van der Waals surface area contributed by atoms with Gasteiger partial charge in [0.05, 0.1) is 5.56 Å². The van der Waals surface area contributed by atoms with Crippen molar-refractivity contribution in [2.75, 3.05) is 5.32 Å². The third kappa shape index (κ3) is 2.34. The van der Waals surface area contributed by atoms with Gasteiger partial charge in [-0.1, -0.05) is 6.92 Å². The lowest BCUT2D eigenvalue weighted by atomic mass is 10.1. The summed E-state index contributed by atoms with van der Waals surface area (Å²) in [5.74, 6) is -0.919. The van der Waals surface area contributed by atoms with Crippen LogP contribution in [0.5, 0.6) is 0 Å². The fourth-order valence-electron chi connectivity index (χ4n) is 1.88. The van der Waals surface area contributed by atoms with E-state index < -0.39 is 5.97 Å². The highest BCUT2D eigenvalue weighted by molar-refractivity contribution is 7.16. The molecule has 0 unspecified atom stereocenters. The molecule has 5 heteroatoms. The van der Waals surface area contributed by atoms with Crippen molar-refractivity contribution in [1.29, 1.82) is 0 Å². The quantitative estimate of drug-likeness (QED) is 0.867. The van der Waals surface area contributed by atoms with Gasteiger partial charge in [0.2, 0.25) is 5.91 Å². The number of aromatic carboxylic acids is 1. The van der Waals surface area contributed by atoms with Gasteiger partial charge in [0, 0.05) is 10.8 Å². The maximum atomic E-state index is 11.7. The lowest BCUT2D eigenvalue weighted by molar-refractivity contribution is -0.117. The van der Waals surface area contributed by atoms with Crippen LogP contribution >= 0.6 is 11.3 Å². The summed E-state index contributed by atoms with van der Waals surface area (Å²) < 4.78 is 0. The van der Waals surface area contributed by atoms with Crippen molar-refractivity contribution in [3.63, 3.8) is 0 Å². The fraction of sp³-hybridized carbons (Fsp3) is 0.500. The summed E-state index contributed by atoms with van der Waals surface area (Å²) in [7, 11) is 0. The van der Waals surface area contributed by atoms with Gasteiger partial charge in [-0.3, -0.25) is 4.79 Å². The van der Waals surface area contributed by atoms with Crippen molar-refractivity contribution in [1.82, 2.24) is 0 Å². The van der Waals surface area contributed by atoms with Gasteiger partial charge < -0.3 is 10.4 Å². The van der Waals surface area contributed by atoms with E-state index in [-0.39, 0.29) is 17.4 Å². The molecule has 1 aromatic heterocycles. The smallest absolute Gasteiger partial charge is 0.339 e. The van der Waals surface area contributed by atoms with Crippen molar-refractivity contribution in [2.24, 2.45) is 5.92 Å². The largest absolute Gasteiger partial charge is 0.478 e. The van der Waals surface area contributed by atoms with Crippen LogP contribution in [0.4, 0.5) is 5.00 Å². The number of aryl methyl sites for hydroxylation is 1. The Morgan fingerprint density at radius 3 is 2.59 bits per heavy atom. The number of thiophene rings is 1.